The van der Waals surface area contributed by atoms with Crippen LogP contribution >= 0.6 is 0 Å². The van der Waals surface area contributed by atoms with Gasteiger partial charge in [-0.15, -0.1) is 0 Å². The molecule has 0 saturated carbocycles. The average Bonchev–Trinajstić information content (AvgIpc) is 3.63. The first-order valence-corrected chi connectivity index (χ1v) is 19.5. The lowest BCUT2D eigenvalue weighted by atomic mass is 9.91. The highest BCUT2D eigenvalue weighted by Crippen LogP contribution is 2.40. The smallest absolute Gasteiger partial charge is 0.0972 e. The van der Waals surface area contributed by atoms with Crippen molar-refractivity contribution in [2.45, 2.75) is 0 Å². The monoisotopic (exact) mass is 723 g/mol. The summed E-state index contributed by atoms with van der Waals surface area (Å²) >= 11 is 0. The molecular formula is C54H33N3. The molecule has 264 valence electrons. The summed E-state index contributed by atoms with van der Waals surface area (Å²) in [5.74, 6) is 0. The fraction of sp³-hybridized carbons (Fsp3) is 0. The predicted molar refractivity (Wildman–Crippen MR) is 240 cm³/mol. The molecule has 0 aliphatic carbocycles. The number of pyridine rings is 2. The fourth-order valence-corrected chi connectivity index (χ4v) is 9.04. The maximum atomic E-state index is 5.44. The number of hydrogen-bond acceptors (Lipinski definition) is 2. The minimum atomic E-state index is 0.899. The van der Waals surface area contributed by atoms with Crippen LogP contribution in [-0.2, 0) is 0 Å². The molecule has 0 N–H and O–H groups in total. The summed E-state index contributed by atoms with van der Waals surface area (Å²) in [4.78, 5) is 10.7. The van der Waals surface area contributed by atoms with E-state index in [0.29, 0.717) is 0 Å². The van der Waals surface area contributed by atoms with Crippen molar-refractivity contribution in [2.75, 3.05) is 0 Å². The van der Waals surface area contributed by atoms with E-state index in [9.17, 15) is 0 Å². The molecule has 3 nitrogen and oxygen atoms in total. The van der Waals surface area contributed by atoms with Crippen LogP contribution in [0, 0.1) is 0 Å². The molecule has 0 amide bonds. The van der Waals surface area contributed by atoms with Gasteiger partial charge >= 0.3 is 0 Å². The van der Waals surface area contributed by atoms with Crippen LogP contribution < -0.4 is 0 Å². The molecule has 57 heavy (non-hydrogen) atoms. The molecule has 12 aromatic rings. The molecule has 3 heteroatoms. The number of fused-ring (bicyclic) bond motifs is 12. The highest BCUT2D eigenvalue weighted by atomic mass is 15.0. The van der Waals surface area contributed by atoms with E-state index in [1.165, 1.54) is 54.1 Å². The summed E-state index contributed by atoms with van der Waals surface area (Å²) < 4.78 is 2.41. The Morgan fingerprint density at radius 1 is 0.281 bits per heavy atom. The van der Waals surface area contributed by atoms with Crippen LogP contribution in [0.15, 0.2) is 200 Å². The topological polar surface area (TPSA) is 30.7 Å². The first kappa shape index (κ1) is 31.7. The van der Waals surface area contributed by atoms with Crippen LogP contribution in [0.1, 0.15) is 0 Å². The van der Waals surface area contributed by atoms with Gasteiger partial charge in [0.1, 0.15) is 0 Å². The van der Waals surface area contributed by atoms with E-state index >= 15 is 0 Å². The second kappa shape index (κ2) is 12.5. The molecule has 0 atom stereocenters. The van der Waals surface area contributed by atoms with Crippen molar-refractivity contribution in [3.05, 3.63) is 200 Å². The van der Waals surface area contributed by atoms with Crippen LogP contribution in [0.2, 0.25) is 0 Å². The van der Waals surface area contributed by atoms with Crippen molar-refractivity contribution < 1.29 is 0 Å². The van der Waals surface area contributed by atoms with Crippen molar-refractivity contribution in [3.63, 3.8) is 0 Å². The van der Waals surface area contributed by atoms with Gasteiger partial charge in [-0.3, -0.25) is 0 Å². The molecule has 9 aromatic carbocycles. The molecule has 0 aliphatic rings. The van der Waals surface area contributed by atoms with E-state index in [1.807, 2.05) is 6.07 Å². The number of benzene rings is 9. The van der Waals surface area contributed by atoms with Gasteiger partial charge in [-0.2, -0.15) is 0 Å². The van der Waals surface area contributed by atoms with Crippen LogP contribution in [0.25, 0.3) is 115 Å². The Balaban J connectivity index is 1.13. The van der Waals surface area contributed by atoms with E-state index in [1.54, 1.807) is 0 Å². The number of aromatic nitrogens is 3. The average molecular weight is 724 g/mol. The van der Waals surface area contributed by atoms with Gasteiger partial charge in [0.2, 0.25) is 0 Å². The predicted octanol–water partition coefficient (Wildman–Crippen LogP) is 14.3. The zero-order valence-corrected chi connectivity index (χ0v) is 30.9. The van der Waals surface area contributed by atoms with Crippen LogP contribution in [0.5, 0.6) is 0 Å². The van der Waals surface area contributed by atoms with Gasteiger partial charge in [0.15, 0.2) is 0 Å². The standard InChI is InChI=1S/C54H33N3/c1-2-12-34(13-3-1)49-28-25-35-22-23-36-26-29-50(56-54(36)53(35)55-49)39-30-38(31-40(32-39)57-51-20-10-8-18-46(51)47-19-9-11-21-52(47)57)37-24-27-45-43-16-5-4-14-41(43)42-15-6-7-17-44(42)48(45)33-37/h1-33H. The van der Waals surface area contributed by atoms with Gasteiger partial charge in [0, 0.05) is 38.4 Å². The molecule has 0 bridgehead atoms. The fourth-order valence-electron chi connectivity index (χ4n) is 9.04. The van der Waals surface area contributed by atoms with E-state index in [0.717, 1.165) is 61.1 Å². The molecule has 0 aliphatic heterocycles. The molecule has 0 radical (unpaired) electrons. The van der Waals surface area contributed by atoms with Crippen molar-refractivity contribution >= 4 is 75.9 Å². The molecule has 3 heterocycles. The Hall–Kier alpha value is -7.62. The van der Waals surface area contributed by atoms with Crippen molar-refractivity contribution in [3.8, 4) is 39.3 Å². The van der Waals surface area contributed by atoms with Crippen LogP contribution in [0.3, 0.4) is 0 Å². The lowest BCUT2D eigenvalue weighted by Crippen LogP contribution is -1.97. The minimum absolute atomic E-state index is 0.899. The van der Waals surface area contributed by atoms with Crippen molar-refractivity contribution in [2.24, 2.45) is 0 Å². The Morgan fingerprint density at radius 2 is 0.737 bits per heavy atom. The first-order valence-electron chi connectivity index (χ1n) is 19.5. The normalized spacial score (nSPS) is 11.9. The van der Waals surface area contributed by atoms with Gasteiger partial charge < -0.3 is 4.57 Å². The second-order valence-corrected chi connectivity index (χ2v) is 15.0. The third-order valence-corrected chi connectivity index (χ3v) is 11.7. The summed E-state index contributed by atoms with van der Waals surface area (Å²) in [6, 6.07) is 72.2. The number of nitrogens with zero attached hydrogens (tertiary/aromatic N) is 3. The molecule has 12 rings (SSSR count). The van der Waals surface area contributed by atoms with Crippen molar-refractivity contribution in [1.82, 2.24) is 14.5 Å². The van der Waals surface area contributed by atoms with Gasteiger partial charge in [-0.25, -0.2) is 9.97 Å². The maximum Gasteiger partial charge on any atom is 0.0972 e. The quantitative estimate of drug-likeness (QED) is 0.169. The lowest BCUT2D eigenvalue weighted by molar-refractivity contribution is 1.18. The highest BCUT2D eigenvalue weighted by molar-refractivity contribution is 6.25. The largest absolute Gasteiger partial charge is 0.309 e. The number of rotatable bonds is 4. The Kier molecular flexibility index (Phi) is 6.93. The lowest BCUT2D eigenvalue weighted by Gasteiger charge is -2.15. The summed E-state index contributed by atoms with van der Waals surface area (Å²) in [5, 5.41) is 12.2. The SMILES string of the molecule is c1ccc(-c2ccc3ccc4ccc(-c5cc(-c6ccc7c8ccccc8c8ccccc8c7c6)cc(-n6c7ccccc7c7ccccc76)c5)nc4c3n2)cc1. The third-order valence-electron chi connectivity index (χ3n) is 11.7. The van der Waals surface area contributed by atoms with Gasteiger partial charge in [0.25, 0.3) is 0 Å². The minimum Gasteiger partial charge on any atom is -0.309 e. The highest BCUT2D eigenvalue weighted by Gasteiger charge is 2.17. The van der Waals surface area contributed by atoms with Gasteiger partial charge in [0.05, 0.1) is 33.5 Å². The number of para-hydroxylation sites is 2. The zero-order chi connectivity index (χ0) is 37.5. The summed E-state index contributed by atoms with van der Waals surface area (Å²) in [6.45, 7) is 0. The van der Waals surface area contributed by atoms with E-state index in [2.05, 4.69) is 199 Å². The number of hydrogen-bond donors (Lipinski definition) is 0. The molecule has 0 unspecified atom stereocenters. The van der Waals surface area contributed by atoms with Gasteiger partial charge in [-0.1, -0.05) is 152 Å². The Bertz CT molecular complexity index is 3490. The summed E-state index contributed by atoms with van der Waals surface area (Å²) in [7, 11) is 0. The Morgan fingerprint density at radius 3 is 1.33 bits per heavy atom. The van der Waals surface area contributed by atoms with Crippen LogP contribution in [-0.4, -0.2) is 14.5 Å². The molecular weight excluding hydrogens is 691 g/mol. The third kappa shape index (κ3) is 4.99. The van der Waals surface area contributed by atoms with E-state index in [-0.39, 0.29) is 0 Å². The maximum absolute atomic E-state index is 5.44. The van der Waals surface area contributed by atoms with Crippen LogP contribution in [0.4, 0.5) is 0 Å². The summed E-state index contributed by atoms with van der Waals surface area (Å²) in [6.07, 6.45) is 0. The molecule has 0 spiro atoms. The Labute approximate surface area is 328 Å². The first-order chi connectivity index (χ1) is 28.2. The molecule has 0 saturated heterocycles. The van der Waals surface area contributed by atoms with E-state index < -0.39 is 0 Å². The van der Waals surface area contributed by atoms with Gasteiger partial charge in [-0.05, 0) is 92.0 Å². The second-order valence-electron chi connectivity index (χ2n) is 15.0. The molecule has 3 aromatic heterocycles. The zero-order valence-electron chi connectivity index (χ0n) is 30.9. The summed E-state index contributed by atoms with van der Waals surface area (Å²) in [5.41, 5.74) is 11.5. The van der Waals surface area contributed by atoms with E-state index in [4.69, 9.17) is 9.97 Å². The molecule has 0 fully saturated rings. The van der Waals surface area contributed by atoms with Crippen molar-refractivity contribution in [1.29, 1.82) is 0 Å².